The Morgan fingerprint density at radius 1 is 0.488 bits per heavy atom. The summed E-state index contributed by atoms with van der Waals surface area (Å²) in [6.45, 7) is 2.15. The Labute approximate surface area is 240 Å². The zero-order valence-corrected chi connectivity index (χ0v) is 23.1. The SMILES string of the molecule is Cc1ccc(-c2ccc3c(C4C=c5ccccc5=CC4)c4ccccc4c(-c4ccc5ccccc5c4)c3c2)cc1. The molecule has 0 bridgehead atoms. The van der Waals surface area contributed by atoms with Gasteiger partial charge in [-0.05, 0) is 96.0 Å². The van der Waals surface area contributed by atoms with Crippen molar-refractivity contribution in [2.24, 2.45) is 0 Å². The maximum absolute atomic E-state index is 2.49. The van der Waals surface area contributed by atoms with Crippen LogP contribution in [0.3, 0.4) is 0 Å². The molecule has 8 rings (SSSR count). The van der Waals surface area contributed by atoms with Gasteiger partial charge in [0.1, 0.15) is 0 Å². The molecule has 0 aliphatic heterocycles. The van der Waals surface area contributed by atoms with E-state index in [9.17, 15) is 0 Å². The van der Waals surface area contributed by atoms with Crippen LogP contribution < -0.4 is 10.4 Å². The first-order chi connectivity index (χ1) is 20.2. The third-order valence-corrected chi connectivity index (χ3v) is 8.83. The maximum atomic E-state index is 2.49. The van der Waals surface area contributed by atoms with Crippen LogP contribution in [0.2, 0.25) is 0 Å². The Balaban J connectivity index is 1.47. The molecule has 0 saturated carbocycles. The van der Waals surface area contributed by atoms with Gasteiger partial charge in [0, 0.05) is 5.92 Å². The smallest absolute Gasteiger partial charge is 0.00743 e. The first-order valence-electron chi connectivity index (χ1n) is 14.5. The summed E-state index contributed by atoms with van der Waals surface area (Å²) in [5.74, 6) is 0.313. The average molecular weight is 523 g/mol. The van der Waals surface area contributed by atoms with Crippen molar-refractivity contribution in [2.45, 2.75) is 19.3 Å². The van der Waals surface area contributed by atoms with Crippen molar-refractivity contribution >= 4 is 44.5 Å². The molecule has 1 atom stereocenters. The van der Waals surface area contributed by atoms with Gasteiger partial charge < -0.3 is 0 Å². The van der Waals surface area contributed by atoms with E-state index in [4.69, 9.17) is 0 Å². The molecule has 194 valence electrons. The zero-order valence-electron chi connectivity index (χ0n) is 23.1. The Morgan fingerprint density at radius 2 is 1.15 bits per heavy atom. The first-order valence-corrected chi connectivity index (χ1v) is 14.5. The quantitative estimate of drug-likeness (QED) is 0.203. The van der Waals surface area contributed by atoms with Crippen LogP contribution in [-0.2, 0) is 0 Å². The molecular formula is C41H30. The summed E-state index contributed by atoms with van der Waals surface area (Å²) in [4.78, 5) is 0. The van der Waals surface area contributed by atoms with Gasteiger partial charge in [-0.15, -0.1) is 0 Å². The molecule has 1 aliphatic rings. The van der Waals surface area contributed by atoms with Crippen LogP contribution in [0.5, 0.6) is 0 Å². The predicted molar refractivity (Wildman–Crippen MR) is 177 cm³/mol. The van der Waals surface area contributed by atoms with Crippen molar-refractivity contribution in [3.63, 3.8) is 0 Å². The van der Waals surface area contributed by atoms with E-state index < -0.39 is 0 Å². The Hall–Kier alpha value is -4.94. The van der Waals surface area contributed by atoms with Gasteiger partial charge in [-0.1, -0.05) is 139 Å². The number of hydrogen-bond acceptors (Lipinski definition) is 0. The average Bonchev–Trinajstić information content (AvgIpc) is 3.03. The number of fused-ring (bicyclic) bond motifs is 4. The minimum Gasteiger partial charge on any atom is -0.0758 e. The van der Waals surface area contributed by atoms with Crippen molar-refractivity contribution in [3.8, 4) is 22.3 Å². The zero-order chi connectivity index (χ0) is 27.3. The topological polar surface area (TPSA) is 0 Å². The van der Waals surface area contributed by atoms with Gasteiger partial charge in [-0.3, -0.25) is 0 Å². The van der Waals surface area contributed by atoms with Crippen LogP contribution in [0.15, 0.2) is 133 Å². The Bertz CT molecular complexity index is 2230. The monoisotopic (exact) mass is 522 g/mol. The van der Waals surface area contributed by atoms with E-state index in [2.05, 4.69) is 153 Å². The fourth-order valence-corrected chi connectivity index (χ4v) is 6.78. The standard InChI is InChI=1S/C41H30/c1-27-14-16-30(17-15-27)33-22-23-38-39(26-33)41(35-21-19-29-9-3-5-11-32(29)25-35)37-13-7-6-12-36(37)40(38)34-20-18-28-8-2-4-10-31(28)24-34/h2-19,21-26,34H,20H2,1H3. The normalized spacial score (nSPS) is 14.5. The van der Waals surface area contributed by atoms with Crippen molar-refractivity contribution in [1.82, 2.24) is 0 Å². The molecule has 0 radical (unpaired) electrons. The highest BCUT2D eigenvalue weighted by atomic mass is 14.2. The molecule has 0 fully saturated rings. The van der Waals surface area contributed by atoms with E-state index in [1.54, 1.807) is 0 Å². The largest absolute Gasteiger partial charge is 0.0758 e. The van der Waals surface area contributed by atoms with Crippen molar-refractivity contribution in [1.29, 1.82) is 0 Å². The fourth-order valence-electron chi connectivity index (χ4n) is 6.78. The van der Waals surface area contributed by atoms with Crippen LogP contribution >= 0.6 is 0 Å². The van der Waals surface area contributed by atoms with Crippen LogP contribution in [0.4, 0.5) is 0 Å². The predicted octanol–water partition coefficient (Wildman–Crippen LogP) is 9.54. The summed E-state index contributed by atoms with van der Waals surface area (Å²) in [6.07, 6.45) is 5.91. The van der Waals surface area contributed by atoms with Gasteiger partial charge in [0.05, 0.1) is 0 Å². The molecule has 41 heavy (non-hydrogen) atoms. The molecule has 7 aromatic rings. The highest BCUT2D eigenvalue weighted by molar-refractivity contribution is 6.17. The van der Waals surface area contributed by atoms with E-state index in [0.29, 0.717) is 5.92 Å². The molecule has 0 aromatic heterocycles. The van der Waals surface area contributed by atoms with E-state index in [0.717, 1.165) is 6.42 Å². The van der Waals surface area contributed by atoms with Gasteiger partial charge in [0.25, 0.3) is 0 Å². The lowest BCUT2D eigenvalue weighted by atomic mass is 9.80. The molecule has 0 saturated heterocycles. The van der Waals surface area contributed by atoms with Gasteiger partial charge in [0.2, 0.25) is 0 Å². The van der Waals surface area contributed by atoms with E-state index in [1.165, 1.54) is 76.1 Å². The number of rotatable bonds is 3. The summed E-state index contributed by atoms with van der Waals surface area (Å²) in [5.41, 5.74) is 7.81. The van der Waals surface area contributed by atoms with Crippen molar-refractivity contribution in [3.05, 3.63) is 155 Å². The second kappa shape index (κ2) is 9.61. The fraction of sp³-hybridized carbons (Fsp3) is 0.0732. The molecule has 0 spiro atoms. The number of benzene rings is 7. The van der Waals surface area contributed by atoms with Gasteiger partial charge >= 0.3 is 0 Å². The maximum Gasteiger partial charge on any atom is 0.00743 e. The molecule has 0 heterocycles. The highest BCUT2D eigenvalue weighted by Crippen LogP contribution is 2.45. The Morgan fingerprint density at radius 3 is 2.00 bits per heavy atom. The van der Waals surface area contributed by atoms with Crippen molar-refractivity contribution < 1.29 is 0 Å². The summed E-state index contributed by atoms with van der Waals surface area (Å²) in [5, 5.41) is 10.5. The summed E-state index contributed by atoms with van der Waals surface area (Å²) in [7, 11) is 0. The Kier molecular flexibility index (Phi) is 5.60. The number of aryl methyl sites for hydroxylation is 1. The lowest BCUT2D eigenvalue weighted by molar-refractivity contribution is 0.940. The summed E-state index contributed by atoms with van der Waals surface area (Å²) < 4.78 is 0. The molecule has 0 heteroatoms. The summed E-state index contributed by atoms with van der Waals surface area (Å²) >= 11 is 0. The van der Waals surface area contributed by atoms with Gasteiger partial charge in [0.15, 0.2) is 0 Å². The molecule has 0 amide bonds. The van der Waals surface area contributed by atoms with Crippen LogP contribution in [0, 0.1) is 6.92 Å². The third kappa shape index (κ3) is 4.07. The third-order valence-electron chi connectivity index (χ3n) is 8.83. The van der Waals surface area contributed by atoms with Gasteiger partial charge in [-0.2, -0.15) is 0 Å². The van der Waals surface area contributed by atoms with E-state index in [-0.39, 0.29) is 0 Å². The van der Waals surface area contributed by atoms with E-state index >= 15 is 0 Å². The van der Waals surface area contributed by atoms with Crippen molar-refractivity contribution in [2.75, 3.05) is 0 Å². The second-order valence-corrected chi connectivity index (χ2v) is 11.4. The lowest BCUT2D eigenvalue weighted by Gasteiger charge is -2.23. The molecule has 0 nitrogen and oxygen atoms in total. The highest BCUT2D eigenvalue weighted by Gasteiger charge is 2.21. The molecule has 1 aliphatic carbocycles. The second-order valence-electron chi connectivity index (χ2n) is 11.4. The first kappa shape index (κ1) is 23.9. The summed E-state index contributed by atoms with van der Waals surface area (Å²) in [6, 6.07) is 49.5. The lowest BCUT2D eigenvalue weighted by Crippen LogP contribution is -2.27. The molecule has 0 N–H and O–H groups in total. The minimum absolute atomic E-state index is 0.313. The molecular weight excluding hydrogens is 492 g/mol. The van der Waals surface area contributed by atoms with Crippen LogP contribution in [0.1, 0.15) is 23.5 Å². The number of hydrogen-bond donors (Lipinski definition) is 0. The molecule has 1 unspecified atom stereocenters. The van der Waals surface area contributed by atoms with Crippen LogP contribution in [0.25, 0.3) is 66.7 Å². The van der Waals surface area contributed by atoms with Gasteiger partial charge in [-0.25, -0.2) is 0 Å². The van der Waals surface area contributed by atoms with E-state index in [1.807, 2.05) is 0 Å². The molecule has 7 aromatic carbocycles. The van der Waals surface area contributed by atoms with Crippen LogP contribution in [-0.4, -0.2) is 0 Å². The minimum atomic E-state index is 0.313.